The van der Waals surface area contributed by atoms with Crippen molar-refractivity contribution in [3.8, 4) is 0 Å². The summed E-state index contributed by atoms with van der Waals surface area (Å²) < 4.78 is 36.2. The lowest BCUT2D eigenvalue weighted by Gasteiger charge is -2.32. The second kappa shape index (κ2) is 6.18. The fraction of sp³-hybridized carbons (Fsp3) is 0.417. The maximum Gasteiger partial charge on any atom is 0.326 e. The van der Waals surface area contributed by atoms with Crippen LogP contribution in [0.4, 0.5) is 5.69 Å². The van der Waals surface area contributed by atoms with Gasteiger partial charge in [-0.25, -0.2) is 8.42 Å². The Hall–Kier alpha value is -1.35. The molecular weight excluding hydrogens is 320 g/mol. The summed E-state index contributed by atoms with van der Waals surface area (Å²) in [7, 11) is -2.75. The van der Waals surface area contributed by atoms with Crippen molar-refractivity contribution in [2.45, 2.75) is 10.9 Å². The van der Waals surface area contributed by atoms with Crippen LogP contribution in [0, 0.1) is 0 Å². The lowest BCUT2D eigenvalue weighted by Crippen LogP contribution is -2.52. The predicted octanol–water partition coefficient (Wildman–Crippen LogP) is 0.485. The minimum absolute atomic E-state index is 0.0256. The summed E-state index contributed by atoms with van der Waals surface area (Å²) in [5.41, 5.74) is 5.76. The van der Waals surface area contributed by atoms with Gasteiger partial charge in [0, 0.05) is 11.6 Å². The molecule has 2 N–H and O–H groups in total. The van der Waals surface area contributed by atoms with Gasteiger partial charge >= 0.3 is 5.97 Å². The number of hydrogen-bond donors (Lipinski definition) is 1. The van der Waals surface area contributed by atoms with Crippen LogP contribution < -0.4 is 5.73 Å². The van der Waals surface area contributed by atoms with Gasteiger partial charge < -0.3 is 15.2 Å². The van der Waals surface area contributed by atoms with Gasteiger partial charge in [-0.1, -0.05) is 11.6 Å². The van der Waals surface area contributed by atoms with Gasteiger partial charge in [0.05, 0.1) is 26.0 Å². The average Bonchev–Trinajstić information content (AvgIpc) is 2.46. The smallest absolute Gasteiger partial charge is 0.326 e. The van der Waals surface area contributed by atoms with E-state index in [2.05, 4.69) is 4.74 Å². The van der Waals surface area contributed by atoms with Gasteiger partial charge in [-0.3, -0.25) is 4.79 Å². The van der Waals surface area contributed by atoms with E-state index in [4.69, 9.17) is 22.1 Å². The monoisotopic (exact) mass is 334 g/mol. The largest absolute Gasteiger partial charge is 0.468 e. The van der Waals surface area contributed by atoms with Crippen molar-refractivity contribution in [1.29, 1.82) is 0 Å². The highest BCUT2D eigenvalue weighted by molar-refractivity contribution is 7.89. The van der Waals surface area contributed by atoms with Crippen molar-refractivity contribution < 1.29 is 22.7 Å². The summed E-state index contributed by atoms with van der Waals surface area (Å²) in [6.45, 7) is 0.184. The van der Waals surface area contributed by atoms with Crippen molar-refractivity contribution in [3.05, 3.63) is 23.2 Å². The molecule has 0 aliphatic carbocycles. The normalized spacial score (nSPS) is 20.2. The fourth-order valence-corrected chi connectivity index (χ4v) is 3.91. The minimum Gasteiger partial charge on any atom is -0.468 e. The number of morpholine rings is 1. The van der Waals surface area contributed by atoms with E-state index in [0.717, 1.165) is 4.31 Å². The Morgan fingerprint density at radius 1 is 1.52 bits per heavy atom. The van der Waals surface area contributed by atoms with Crippen LogP contribution in [0.25, 0.3) is 0 Å². The molecule has 0 bridgehead atoms. The molecule has 9 heteroatoms. The fourth-order valence-electron chi connectivity index (χ4n) is 2.08. The van der Waals surface area contributed by atoms with Crippen LogP contribution in [-0.2, 0) is 24.3 Å². The molecule has 1 aliphatic heterocycles. The Bertz CT molecular complexity index is 649. The number of ether oxygens (including phenoxy) is 2. The first-order valence-corrected chi connectivity index (χ1v) is 7.92. The molecule has 1 aromatic carbocycles. The quantitative estimate of drug-likeness (QED) is 0.638. The van der Waals surface area contributed by atoms with E-state index in [1.807, 2.05) is 0 Å². The molecule has 0 spiro atoms. The number of methoxy groups -OCH3 is 1. The predicted molar refractivity (Wildman–Crippen MR) is 76.4 cm³/mol. The van der Waals surface area contributed by atoms with Gasteiger partial charge in [-0.05, 0) is 18.2 Å². The molecule has 1 heterocycles. The van der Waals surface area contributed by atoms with Crippen molar-refractivity contribution in [2.24, 2.45) is 0 Å². The number of anilines is 1. The number of carbonyl (C=O) groups is 1. The molecule has 2 rings (SSSR count). The Kier molecular flexibility index (Phi) is 4.72. The van der Waals surface area contributed by atoms with E-state index in [1.165, 1.54) is 25.3 Å². The molecule has 1 aromatic rings. The molecule has 0 radical (unpaired) electrons. The highest BCUT2D eigenvalue weighted by Gasteiger charge is 2.39. The summed E-state index contributed by atoms with van der Waals surface area (Å²) in [6, 6.07) is 3.07. The van der Waals surface area contributed by atoms with E-state index in [0.29, 0.717) is 5.02 Å². The molecule has 1 atom stereocenters. The number of sulfonamides is 1. The molecule has 1 saturated heterocycles. The summed E-state index contributed by atoms with van der Waals surface area (Å²) in [6.07, 6.45) is 0. The Balaban J connectivity index is 2.43. The molecule has 0 aromatic heterocycles. The third-order valence-electron chi connectivity index (χ3n) is 3.11. The van der Waals surface area contributed by atoms with Crippen LogP contribution in [0.1, 0.15) is 0 Å². The second-order valence-electron chi connectivity index (χ2n) is 4.41. The first-order chi connectivity index (χ1) is 9.87. The third-order valence-corrected chi connectivity index (χ3v) is 5.33. The average molecular weight is 335 g/mol. The topological polar surface area (TPSA) is 98.9 Å². The molecule has 7 nitrogen and oxygen atoms in total. The van der Waals surface area contributed by atoms with Crippen LogP contribution in [0.3, 0.4) is 0 Å². The minimum atomic E-state index is -3.94. The maximum atomic E-state index is 12.7. The molecule has 116 valence electrons. The lowest BCUT2D eigenvalue weighted by atomic mass is 10.3. The summed E-state index contributed by atoms with van der Waals surface area (Å²) in [4.78, 5) is 11.6. The maximum absolute atomic E-state index is 12.7. The number of nitrogens with zero attached hydrogens (tertiary/aromatic N) is 1. The van der Waals surface area contributed by atoms with Gasteiger partial charge in [-0.2, -0.15) is 4.31 Å². The van der Waals surface area contributed by atoms with Crippen LogP contribution in [0.5, 0.6) is 0 Å². The van der Waals surface area contributed by atoms with E-state index < -0.39 is 22.0 Å². The Morgan fingerprint density at radius 3 is 2.86 bits per heavy atom. The van der Waals surface area contributed by atoms with Gasteiger partial charge in [0.25, 0.3) is 0 Å². The molecule has 0 saturated carbocycles. The number of nitrogen functional groups attached to an aromatic ring is 1. The number of halogens is 1. The zero-order valence-electron chi connectivity index (χ0n) is 11.3. The molecular formula is C12H15ClN2O5S. The van der Waals surface area contributed by atoms with Crippen molar-refractivity contribution in [2.75, 3.05) is 32.6 Å². The van der Waals surface area contributed by atoms with E-state index in [1.54, 1.807) is 0 Å². The van der Waals surface area contributed by atoms with Crippen LogP contribution in [0.15, 0.2) is 23.1 Å². The van der Waals surface area contributed by atoms with Crippen LogP contribution in [-0.4, -0.2) is 51.6 Å². The molecule has 0 amide bonds. The number of benzene rings is 1. The van der Waals surface area contributed by atoms with Gasteiger partial charge in [0.2, 0.25) is 10.0 Å². The standard InChI is InChI=1S/C12H15ClN2O5S/c1-19-12(16)10-7-20-5-4-15(10)21(17,18)11-3-2-8(13)6-9(11)14/h2-3,6,10H,4-5,7,14H2,1H3. The number of hydrogen-bond acceptors (Lipinski definition) is 6. The Labute approximate surface area is 127 Å². The van der Waals surface area contributed by atoms with Crippen LogP contribution in [0.2, 0.25) is 5.02 Å². The van der Waals surface area contributed by atoms with Gasteiger partial charge in [-0.15, -0.1) is 0 Å². The highest BCUT2D eigenvalue weighted by Crippen LogP contribution is 2.27. The third kappa shape index (κ3) is 3.13. The second-order valence-corrected chi connectivity index (χ2v) is 6.71. The number of nitrogens with two attached hydrogens (primary N) is 1. The van der Waals surface area contributed by atoms with E-state index >= 15 is 0 Å². The van der Waals surface area contributed by atoms with Crippen molar-refractivity contribution in [1.82, 2.24) is 4.31 Å². The van der Waals surface area contributed by atoms with Crippen molar-refractivity contribution in [3.63, 3.8) is 0 Å². The molecule has 1 unspecified atom stereocenters. The summed E-state index contributed by atoms with van der Waals surface area (Å²) in [5.74, 6) is -0.675. The molecule has 21 heavy (non-hydrogen) atoms. The number of rotatable bonds is 3. The van der Waals surface area contributed by atoms with E-state index in [-0.39, 0.29) is 30.3 Å². The van der Waals surface area contributed by atoms with Gasteiger partial charge in [0.1, 0.15) is 10.9 Å². The zero-order chi connectivity index (χ0) is 15.6. The zero-order valence-corrected chi connectivity index (χ0v) is 12.9. The molecule has 1 fully saturated rings. The first-order valence-electron chi connectivity index (χ1n) is 6.10. The molecule has 1 aliphatic rings. The number of carbonyl (C=O) groups excluding carboxylic acids is 1. The summed E-state index contributed by atoms with van der Waals surface area (Å²) in [5, 5.41) is 0.331. The van der Waals surface area contributed by atoms with Crippen molar-refractivity contribution >= 4 is 33.3 Å². The summed E-state index contributed by atoms with van der Waals surface area (Å²) >= 11 is 5.77. The van der Waals surface area contributed by atoms with Crippen LogP contribution >= 0.6 is 11.6 Å². The van der Waals surface area contributed by atoms with E-state index in [9.17, 15) is 13.2 Å². The first kappa shape index (κ1) is 16.0. The number of esters is 1. The van der Waals surface area contributed by atoms with Gasteiger partial charge in [0.15, 0.2) is 0 Å². The lowest BCUT2D eigenvalue weighted by molar-refractivity contribution is -0.149. The Morgan fingerprint density at radius 2 is 2.24 bits per heavy atom. The highest BCUT2D eigenvalue weighted by atomic mass is 35.5. The SMILES string of the molecule is COC(=O)C1COCCN1S(=O)(=O)c1ccc(Cl)cc1N.